The molecule has 1 saturated heterocycles. The maximum absolute atomic E-state index is 11.2. The van der Waals surface area contributed by atoms with Gasteiger partial charge in [0.25, 0.3) is 0 Å². The number of aryl methyl sites for hydroxylation is 1. The molecule has 0 amide bonds. The lowest BCUT2D eigenvalue weighted by molar-refractivity contribution is 0.150. The van der Waals surface area contributed by atoms with Crippen LogP contribution < -0.4 is 9.47 Å². The second-order valence-electron chi connectivity index (χ2n) is 9.05. The second kappa shape index (κ2) is 10.3. The van der Waals surface area contributed by atoms with Crippen molar-refractivity contribution in [3.63, 3.8) is 0 Å². The number of likely N-dealkylation sites (tertiary alicyclic amines) is 1. The second-order valence-corrected chi connectivity index (χ2v) is 10.1. The minimum Gasteiger partial charge on any atom is -0.493 e. The van der Waals surface area contributed by atoms with Gasteiger partial charge in [-0.1, -0.05) is 54.7 Å². The fourth-order valence-electron chi connectivity index (χ4n) is 5.03. The molecule has 0 radical (unpaired) electrons. The number of nitrogens with zero attached hydrogens (tertiary/aromatic N) is 4. The number of hydrogen-bond donors (Lipinski definition) is 1. The highest BCUT2D eigenvalue weighted by Gasteiger charge is 2.33. The molecule has 7 nitrogen and oxygen atoms in total. The standard InChI is InChI=1S/C27H32N4O3S/c1-4-23-28-27-31(29-23)26(32)25(35-27)24(20-10-11-21(33-2)22(17-20)34-3)30-14-12-19(13-15-30)16-18-8-6-5-7-9-18/h5-11,17,19,24,32H,4,12-16H2,1-3H3/t24-/m1/s1. The first kappa shape index (κ1) is 23.6. The fourth-order valence-corrected chi connectivity index (χ4v) is 6.17. The number of thiazole rings is 1. The van der Waals surface area contributed by atoms with Crippen molar-refractivity contribution in [2.24, 2.45) is 5.92 Å². The van der Waals surface area contributed by atoms with Gasteiger partial charge in [-0.25, -0.2) is 4.98 Å². The van der Waals surface area contributed by atoms with Gasteiger partial charge >= 0.3 is 0 Å². The predicted octanol–water partition coefficient (Wildman–Crippen LogP) is 5.12. The first-order valence-electron chi connectivity index (χ1n) is 12.2. The quantitative estimate of drug-likeness (QED) is 0.368. The Labute approximate surface area is 210 Å². The summed E-state index contributed by atoms with van der Waals surface area (Å²) in [5.74, 6) is 2.94. The van der Waals surface area contributed by atoms with Crippen LogP contribution in [0.5, 0.6) is 17.4 Å². The predicted molar refractivity (Wildman–Crippen MR) is 138 cm³/mol. The van der Waals surface area contributed by atoms with Crippen molar-refractivity contribution in [3.8, 4) is 17.4 Å². The molecule has 1 aliphatic rings. The number of aromatic hydroxyl groups is 1. The van der Waals surface area contributed by atoms with E-state index in [-0.39, 0.29) is 11.9 Å². The highest BCUT2D eigenvalue weighted by molar-refractivity contribution is 7.17. The summed E-state index contributed by atoms with van der Waals surface area (Å²) in [5.41, 5.74) is 2.46. The molecule has 5 rings (SSSR count). The Hall–Kier alpha value is -3.10. The van der Waals surface area contributed by atoms with Crippen molar-refractivity contribution in [3.05, 3.63) is 70.4 Å². The van der Waals surface area contributed by atoms with Crippen LogP contribution in [0.15, 0.2) is 48.5 Å². The van der Waals surface area contributed by atoms with Crippen LogP contribution in [0.25, 0.3) is 4.96 Å². The summed E-state index contributed by atoms with van der Waals surface area (Å²) in [5, 5.41) is 15.7. The molecule has 35 heavy (non-hydrogen) atoms. The summed E-state index contributed by atoms with van der Waals surface area (Å²) < 4.78 is 12.7. The third-order valence-electron chi connectivity index (χ3n) is 6.91. The molecule has 0 spiro atoms. The monoisotopic (exact) mass is 492 g/mol. The van der Waals surface area contributed by atoms with E-state index in [4.69, 9.17) is 9.47 Å². The highest BCUT2D eigenvalue weighted by atomic mass is 32.1. The lowest BCUT2D eigenvalue weighted by Gasteiger charge is -2.37. The van der Waals surface area contributed by atoms with Crippen LogP contribution in [0, 0.1) is 5.92 Å². The van der Waals surface area contributed by atoms with Gasteiger partial charge in [-0.3, -0.25) is 4.90 Å². The molecule has 0 unspecified atom stereocenters. The lowest BCUT2D eigenvalue weighted by Crippen LogP contribution is -2.37. The Morgan fingerprint density at radius 1 is 1.06 bits per heavy atom. The van der Waals surface area contributed by atoms with Crippen LogP contribution in [0.4, 0.5) is 0 Å². The minimum atomic E-state index is -0.119. The van der Waals surface area contributed by atoms with Gasteiger partial charge in [0.05, 0.1) is 25.1 Å². The van der Waals surface area contributed by atoms with E-state index in [0.29, 0.717) is 17.4 Å². The van der Waals surface area contributed by atoms with E-state index >= 15 is 0 Å². The Balaban J connectivity index is 1.46. The van der Waals surface area contributed by atoms with Gasteiger partial charge in [0.15, 0.2) is 17.3 Å². The van der Waals surface area contributed by atoms with Crippen LogP contribution in [0.2, 0.25) is 0 Å². The highest BCUT2D eigenvalue weighted by Crippen LogP contribution is 2.43. The molecular formula is C27H32N4O3S. The number of hydrogen-bond acceptors (Lipinski definition) is 7. The average molecular weight is 493 g/mol. The maximum atomic E-state index is 11.2. The molecule has 0 aliphatic carbocycles. The van der Waals surface area contributed by atoms with Crippen molar-refractivity contribution in [1.82, 2.24) is 19.5 Å². The third-order valence-corrected chi connectivity index (χ3v) is 7.99. The van der Waals surface area contributed by atoms with Crippen LogP contribution in [-0.2, 0) is 12.8 Å². The van der Waals surface area contributed by atoms with Crippen molar-refractivity contribution < 1.29 is 14.6 Å². The van der Waals surface area contributed by atoms with Crippen molar-refractivity contribution in [1.29, 1.82) is 0 Å². The number of ether oxygens (including phenoxy) is 2. The zero-order valence-corrected chi connectivity index (χ0v) is 21.3. The van der Waals surface area contributed by atoms with E-state index in [9.17, 15) is 5.11 Å². The van der Waals surface area contributed by atoms with E-state index < -0.39 is 0 Å². The number of methoxy groups -OCH3 is 2. The van der Waals surface area contributed by atoms with Crippen molar-refractivity contribution in [2.45, 2.75) is 38.6 Å². The van der Waals surface area contributed by atoms with Crippen LogP contribution in [0.3, 0.4) is 0 Å². The lowest BCUT2D eigenvalue weighted by atomic mass is 9.88. The van der Waals surface area contributed by atoms with Gasteiger partial charge in [0.2, 0.25) is 10.8 Å². The molecule has 1 aliphatic heterocycles. The normalized spacial score (nSPS) is 16.0. The Kier molecular flexibility index (Phi) is 6.92. The smallest absolute Gasteiger partial charge is 0.230 e. The first-order chi connectivity index (χ1) is 17.1. The molecule has 2 aromatic carbocycles. The zero-order chi connectivity index (χ0) is 24.4. The molecule has 1 fully saturated rings. The molecule has 0 bridgehead atoms. The molecular weight excluding hydrogens is 460 g/mol. The van der Waals surface area contributed by atoms with E-state index in [2.05, 4.69) is 51.4 Å². The third kappa shape index (κ3) is 4.73. The van der Waals surface area contributed by atoms with E-state index in [1.807, 2.05) is 19.1 Å². The number of piperidine rings is 1. The molecule has 1 N–H and O–H groups in total. The number of aromatic nitrogens is 3. The molecule has 2 aromatic heterocycles. The molecule has 4 aromatic rings. The van der Waals surface area contributed by atoms with Crippen molar-refractivity contribution in [2.75, 3.05) is 27.3 Å². The van der Waals surface area contributed by atoms with Gasteiger partial charge in [-0.15, -0.1) is 5.10 Å². The summed E-state index contributed by atoms with van der Waals surface area (Å²) >= 11 is 1.51. The molecule has 0 saturated carbocycles. The average Bonchev–Trinajstić information content (AvgIpc) is 3.44. The van der Waals surface area contributed by atoms with E-state index in [0.717, 1.165) is 60.0 Å². The van der Waals surface area contributed by atoms with Gasteiger partial charge in [-0.2, -0.15) is 4.52 Å². The largest absolute Gasteiger partial charge is 0.493 e. The molecule has 3 heterocycles. The summed E-state index contributed by atoms with van der Waals surface area (Å²) in [6, 6.07) is 16.6. The fraction of sp³-hybridized carbons (Fsp3) is 0.407. The summed E-state index contributed by atoms with van der Waals surface area (Å²) in [4.78, 5) is 8.65. The SMILES string of the molecule is CCc1nc2sc([C@@H](c3ccc(OC)c(OC)c3)N3CCC(Cc4ccccc4)CC3)c(O)n2n1. The Morgan fingerprint density at radius 3 is 2.46 bits per heavy atom. The topological polar surface area (TPSA) is 72.1 Å². The summed E-state index contributed by atoms with van der Waals surface area (Å²) in [6.45, 7) is 3.91. The van der Waals surface area contributed by atoms with Crippen LogP contribution >= 0.6 is 11.3 Å². The molecule has 1 atom stereocenters. The summed E-state index contributed by atoms with van der Waals surface area (Å²) in [7, 11) is 3.29. The number of fused-ring (bicyclic) bond motifs is 1. The zero-order valence-electron chi connectivity index (χ0n) is 20.5. The van der Waals surface area contributed by atoms with Crippen LogP contribution in [0.1, 0.15) is 47.6 Å². The van der Waals surface area contributed by atoms with Gasteiger partial charge in [0.1, 0.15) is 0 Å². The van der Waals surface area contributed by atoms with Crippen LogP contribution in [-0.4, -0.2) is 51.9 Å². The number of benzene rings is 2. The van der Waals surface area contributed by atoms with E-state index in [1.54, 1.807) is 18.7 Å². The summed E-state index contributed by atoms with van der Waals surface area (Å²) in [6.07, 6.45) is 4.06. The van der Waals surface area contributed by atoms with Gasteiger partial charge < -0.3 is 14.6 Å². The molecule has 8 heteroatoms. The Morgan fingerprint density at radius 2 is 1.80 bits per heavy atom. The van der Waals surface area contributed by atoms with E-state index in [1.165, 1.54) is 16.9 Å². The minimum absolute atomic E-state index is 0.119. The van der Waals surface area contributed by atoms with Crippen molar-refractivity contribution >= 4 is 16.3 Å². The van der Waals surface area contributed by atoms with Gasteiger partial charge in [0, 0.05) is 6.42 Å². The maximum Gasteiger partial charge on any atom is 0.230 e. The van der Waals surface area contributed by atoms with Gasteiger partial charge in [-0.05, 0) is 61.5 Å². The molecule has 184 valence electrons. The number of rotatable bonds is 8. The first-order valence-corrected chi connectivity index (χ1v) is 13.0. The Bertz CT molecular complexity index is 1280.